The number of sulfonamides is 1. The number of nitrogens with one attached hydrogen (secondary N) is 1. The fourth-order valence-electron chi connectivity index (χ4n) is 3.31. The topological polar surface area (TPSA) is 71.4 Å². The Balaban J connectivity index is 1.62. The molecule has 2 aromatic carbocycles. The molecule has 0 saturated heterocycles. The van der Waals surface area contributed by atoms with Gasteiger partial charge < -0.3 is 9.88 Å². The van der Waals surface area contributed by atoms with Gasteiger partial charge in [-0.25, -0.2) is 12.8 Å². The smallest absolute Gasteiger partial charge is 0.272 e. The molecule has 1 aliphatic heterocycles. The van der Waals surface area contributed by atoms with Crippen molar-refractivity contribution >= 4 is 27.3 Å². The minimum Gasteiger partial charge on any atom is -0.345 e. The number of aryl methyl sites for hydroxylation is 1. The molecule has 144 valence electrons. The Labute approximate surface area is 162 Å². The Hall–Kier alpha value is -3.13. The van der Waals surface area contributed by atoms with Crippen LogP contribution in [0.15, 0.2) is 65.7 Å². The van der Waals surface area contributed by atoms with Crippen molar-refractivity contribution in [1.82, 2.24) is 4.57 Å². The maximum Gasteiger partial charge on any atom is 0.272 e. The molecule has 1 amide bonds. The summed E-state index contributed by atoms with van der Waals surface area (Å²) in [5.41, 5.74) is 2.26. The van der Waals surface area contributed by atoms with E-state index in [2.05, 4.69) is 5.32 Å². The second-order valence-electron chi connectivity index (χ2n) is 6.59. The molecule has 2 heterocycles. The summed E-state index contributed by atoms with van der Waals surface area (Å²) in [4.78, 5) is 12.6. The summed E-state index contributed by atoms with van der Waals surface area (Å²) in [6.07, 6.45) is 2.08. The predicted molar refractivity (Wildman–Crippen MR) is 104 cm³/mol. The van der Waals surface area contributed by atoms with Crippen molar-refractivity contribution in [2.75, 3.05) is 16.2 Å². The van der Waals surface area contributed by atoms with Crippen LogP contribution in [0.5, 0.6) is 0 Å². The summed E-state index contributed by atoms with van der Waals surface area (Å²) in [7, 11) is -2.18. The minimum atomic E-state index is -3.78. The first-order valence-corrected chi connectivity index (χ1v) is 10.1. The van der Waals surface area contributed by atoms with Crippen molar-refractivity contribution < 1.29 is 17.6 Å². The van der Waals surface area contributed by atoms with E-state index in [1.54, 1.807) is 19.2 Å². The van der Waals surface area contributed by atoms with Gasteiger partial charge in [-0.2, -0.15) is 0 Å². The van der Waals surface area contributed by atoms with E-state index in [-0.39, 0.29) is 10.6 Å². The molecule has 0 unspecified atom stereocenters. The maximum atomic E-state index is 13.1. The third-order valence-corrected chi connectivity index (χ3v) is 6.53. The number of halogens is 1. The number of aromatic nitrogens is 1. The molecule has 0 radical (unpaired) electrons. The van der Waals surface area contributed by atoms with Gasteiger partial charge in [-0.1, -0.05) is 18.2 Å². The Morgan fingerprint density at radius 2 is 1.82 bits per heavy atom. The summed E-state index contributed by atoms with van der Waals surface area (Å²) >= 11 is 0. The summed E-state index contributed by atoms with van der Waals surface area (Å²) in [5, 5.41) is 2.64. The second-order valence-corrected chi connectivity index (χ2v) is 8.45. The number of rotatable bonds is 4. The van der Waals surface area contributed by atoms with E-state index in [4.69, 9.17) is 0 Å². The molecule has 4 rings (SSSR count). The third kappa shape index (κ3) is 3.16. The highest BCUT2D eigenvalue weighted by atomic mass is 32.2. The van der Waals surface area contributed by atoms with E-state index in [0.717, 1.165) is 5.56 Å². The lowest BCUT2D eigenvalue weighted by atomic mass is 10.2. The number of para-hydroxylation sites is 1. The van der Waals surface area contributed by atoms with Crippen molar-refractivity contribution in [2.24, 2.45) is 7.05 Å². The van der Waals surface area contributed by atoms with Gasteiger partial charge in [0.25, 0.3) is 15.9 Å². The SMILES string of the molecule is Cn1cc(S(=O)(=O)N2CCc3ccccc32)cc1C(=O)Nc1ccc(F)cc1. The van der Waals surface area contributed by atoms with E-state index in [0.29, 0.717) is 24.3 Å². The van der Waals surface area contributed by atoms with Gasteiger partial charge in [0.1, 0.15) is 16.4 Å². The zero-order valence-corrected chi connectivity index (χ0v) is 15.9. The molecular formula is C20H18FN3O3S. The molecule has 0 spiro atoms. The van der Waals surface area contributed by atoms with Crippen LogP contribution in [0, 0.1) is 5.82 Å². The third-order valence-electron chi connectivity index (χ3n) is 4.75. The minimum absolute atomic E-state index is 0.0518. The van der Waals surface area contributed by atoms with Gasteiger partial charge in [0.15, 0.2) is 0 Å². The average Bonchev–Trinajstić information content (AvgIpc) is 3.28. The van der Waals surface area contributed by atoms with E-state index < -0.39 is 21.7 Å². The normalized spacial score (nSPS) is 13.4. The molecule has 28 heavy (non-hydrogen) atoms. The number of hydrogen-bond acceptors (Lipinski definition) is 3. The van der Waals surface area contributed by atoms with Gasteiger partial charge in [0.2, 0.25) is 0 Å². The standard InChI is InChI=1S/C20H18FN3O3S/c1-23-13-17(12-19(23)20(25)22-16-8-6-15(21)7-9-16)28(26,27)24-11-10-14-4-2-3-5-18(14)24/h2-9,12-13H,10-11H2,1H3,(H,22,25). The Morgan fingerprint density at radius 1 is 1.11 bits per heavy atom. The van der Waals surface area contributed by atoms with Crippen molar-refractivity contribution in [1.29, 1.82) is 0 Å². The fraction of sp³-hybridized carbons (Fsp3) is 0.150. The summed E-state index contributed by atoms with van der Waals surface area (Å²) in [6, 6.07) is 14.1. The number of fused-ring (bicyclic) bond motifs is 1. The van der Waals surface area contributed by atoms with E-state index >= 15 is 0 Å². The predicted octanol–water partition coefficient (Wildman–Crippen LogP) is 3.17. The van der Waals surface area contributed by atoms with Crippen LogP contribution < -0.4 is 9.62 Å². The molecular weight excluding hydrogens is 381 g/mol. The zero-order chi connectivity index (χ0) is 19.9. The van der Waals surface area contributed by atoms with E-state index in [1.165, 1.54) is 45.4 Å². The molecule has 1 aliphatic rings. The lowest BCUT2D eigenvalue weighted by Crippen LogP contribution is -2.28. The largest absolute Gasteiger partial charge is 0.345 e. The van der Waals surface area contributed by atoms with Crippen LogP contribution in [0.2, 0.25) is 0 Å². The first kappa shape index (κ1) is 18.2. The Kier molecular flexibility index (Phi) is 4.43. The van der Waals surface area contributed by atoms with Gasteiger partial charge in [0, 0.05) is 25.5 Å². The highest BCUT2D eigenvalue weighted by Crippen LogP contribution is 2.33. The molecule has 6 nitrogen and oxygen atoms in total. The van der Waals surface area contributed by atoms with E-state index in [1.807, 2.05) is 12.1 Å². The van der Waals surface area contributed by atoms with E-state index in [9.17, 15) is 17.6 Å². The number of nitrogens with zero attached hydrogens (tertiary/aromatic N) is 2. The van der Waals surface area contributed by atoms with Crippen LogP contribution in [0.25, 0.3) is 0 Å². The average molecular weight is 399 g/mol. The lowest BCUT2D eigenvalue weighted by molar-refractivity contribution is 0.101. The summed E-state index contributed by atoms with van der Waals surface area (Å²) < 4.78 is 42.1. The highest BCUT2D eigenvalue weighted by Gasteiger charge is 2.32. The van der Waals surface area contributed by atoms with Crippen LogP contribution in [0.4, 0.5) is 15.8 Å². The highest BCUT2D eigenvalue weighted by molar-refractivity contribution is 7.92. The second kappa shape index (κ2) is 6.79. The number of amides is 1. The van der Waals surface area contributed by atoms with Gasteiger partial charge in [-0.15, -0.1) is 0 Å². The lowest BCUT2D eigenvalue weighted by Gasteiger charge is -2.18. The van der Waals surface area contributed by atoms with Crippen LogP contribution in [0.1, 0.15) is 16.1 Å². The number of carbonyl (C=O) groups excluding carboxylic acids is 1. The maximum absolute atomic E-state index is 13.1. The Bertz CT molecular complexity index is 1150. The van der Waals surface area contributed by atoms with Crippen LogP contribution in [-0.2, 0) is 23.5 Å². The first-order valence-electron chi connectivity index (χ1n) is 8.70. The summed E-state index contributed by atoms with van der Waals surface area (Å²) in [6.45, 7) is 0.369. The quantitative estimate of drug-likeness (QED) is 0.733. The molecule has 0 saturated carbocycles. The number of anilines is 2. The van der Waals surface area contributed by atoms with Crippen LogP contribution in [0.3, 0.4) is 0 Å². The van der Waals surface area contributed by atoms with Crippen molar-refractivity contribution in [3.8, 4) is 0 Å². The number of carbonyl (C=O) groups is 1. The van der Waals surface area contributed by atoms with Gasteiger partial charge >= 0.3 is 0 Å². The number of benzene rings is 2. The van der Waals surface area contributed by atoms with Gasteiger partial charge in [0.05, 0.1) is 5.69 Å². The monoisotopic (exact) mass is 399 g/mol. The molecule has 1 N–H and O–H groups in total. The molecule has 3 aromatic rings. The van der Waals surface area contributed by atoms with Crippen molar-refractivity contribution in [3.63, 3.8) is 0 Å². The van der Waals surface area contributed by atoms with Crippen LogP contribution >= 0.6 is 0 Å². The fourth-order valence-corrected chi connectivity index (χ4v) is 4.89. The molecule has 0 fully saturated rings. The number of hydrogen-bond donors (Lipinski definition) is 1. The van der Waals surface area contributed by atoms with Crippen molar-refractivity contribution in [3.05, 3.63) is 77.9 Å². The van der Waals surface area contributed by atoms with Gasteiger partial charge in [-0.3, -0.25) is 9.10 Å². The molecule has 0 atom stereocenters. The van der Waals surface area contributed by atoms with Crippen molar-refractivity contribution in [2.45, 2.75) is 11.3 Å². The van der Waals surface area contributed by atoms with Crippen LogP contribution in [-0.4, -0.2) is 25.4 Å². The molecule has 1 aromatic heterocycles. The zero-order valence-electron chi connectivity index (χ0n) is 15.1. The molecule has 0 bridgehead atoms. The summed E-state index contributed by atoms with van der Waals surface area (Å²) in [5.74, 6) is -0.881. The molecule has 8 heteroatoms. The molecule has 0 aliphatic carbocycles. The Morgan fingerprint density at radius 3 is 2.57 bits per heavy atom. The first-order chi connectivity index (χ1) is 13.4. The van der Waals surface area contributed by atoms with Gasteiger partial charge in [-0.05, 0) is 48.4 Å².